The van der Waals surface area contributed by atoms with E-state index in [1.165, 1.54) is 6.20 Å². The van der Waals surface area contributed by atoms with Crippen LogP contribution in [0, 0.1) is 5.82 Å². The van der Waals surface area contributed by atoms with Crippen molar-refractivity contribution < 1.29 is 19.4 Å². The first-order valence-electron chi connectivity index (χ1n) is 9.83. The molecular weight excluding hydrogens is 419 g/mol. The number of hydrogen-bond acceptors (Lipinski definition) is 4. The third-order valence-electron chi connectivity index (χ3n) is 6.03. The van der Waals surface area contributed by atoms with Crippen molar-refractivity contribution in [2.45, 2.75) is 18.3 Å². The fourth-order valence-electron chi connectivity index (χ4n) is 4.02. The highest BCUT2D eigenvalue weighted by Crippen LogP contribution is 2.48. The van der Waals surface area contributed by atoms with Crippen molar-refractivity contribution in [3.05, 3.63) is 82.4 Å². The molecule has 156 valence electrons. The van der Waals surface area contributed by atoms with E-state index in [0.29, 0.717) is 21.8 Å². The summed E-state index contributed by atoms with van der Waals surface area (Å²) in [5.41, 5.74) is 3.59. The van der Waals surface area contributed by atoms with Crippen LogP contribution in [0.5, 0.6) is 0 Å². The zero-order chi connectivity index (χ0) is 21.8. The molecule has 1 aromatic heterocycles. The van der Waals surface area contributed by atoms with Crippen molar-refractivity contribution in [3.8, 4) is 11.1 Å². The molecule has 1 fully saturated rings. The molecule has 31 heavy (non-hydrogen) atoms. The standard InChI is InChI=1S/C24H18ClFN2O3/c25-19-9-20-18(21(23(31)28-20)22(30)14-7-16(26)11-27-10-14)8-17(19)13-1-3-15(4-2-13)24(12-29)5-6-24/h1-4,7-11,29-30H,5-6,12H2,(H,28,31). The zero-order valence-corrected chi connectivity index (χ0v) is 17.1. The fourth-order valence-corrected chi connectivity index (χ4v) is 4.30. The van der Waals surface area contributed by atoms with E-state index in [-0.39, 0.29) is 28.9 Å². The molecule has 1 amide bonds. The summed E-state index contributed by atoms with van der Waals surface area (Å²) in [6.45, 7) is 0.127. The Morgan fingerprint density at radius 3 is 2.52 bits per heavy atom. The minimum absolute atomic E-state index is 0.0363. The number of hydrogen-bond donors (Lipinski definition) is 3. The number of rotatable bonds is 4. The Morgan fingerprint density at radius 2 is 1.87 bits per heavy atom. The second-order valence-electron chi connectivity index (χ2n) is 7.96. The fraction of sp³-hybridized carbons (Fsp3) is 0.167. The molecular formula is C24H18ClFN2O3. The largest absolute Gasteiger partial charge is 0.506 e. The van der Waals surface area contributed by atoms with Gasteiger partial charge in [0.15, 0.2) is 0 Å². The quantitative estimate of drug-likeness (QED) is 0.399. The molecule has 0 atom stereocenters. The molecule has 2 aliphatic rings. The number of fused-ring (bicyclic) bond motifs is 1. The molecule has 1 saturated carbocycles. The molecule has 5 rings (SSSR count). The monoisotopic (exact) mass is 436 g/mol. The molecule has 2 aromatic carbocycles. The number of aliphatic hydroxyl groups is 2. The van der Waals surface area contributed by atoms with Crippen LogP contribution in [-0.2, 0) is 10.2 Å². The molecule has 0 bridgehead atoms. The van der Waals surface area contributed by atoms with Crippen molar-refractivity contribution in [1.82, 2.24) is 4.98 Å². The molecule has 3 aromatic rings. The summed E-state index contributed by atoms with van der Waals surface area (Å²) in [5.74, 6) is -1.47. The van der Waals surface area contributed by atoms with Crippen LogP contribution in [-0.4, -0.2) is 27.7 Å². The van der Waals surface area contributed by atoms with Crippen LogP contribution in [0.1, 0.15) is 29.5 Å². The van der Waals surface area contributed by atoms with Gasteiger partial charge in [0, 0.05) is 28.3 Å². The predicted octanol–water partition coefficient (Wildman–Crippen LogP) is 4.94. The van der Waals surface area contributed by atoms with E-state index in [9.17, 15) is 19.4 Å². The normalized spacial score (nSPS) is 17.8. The average molecular weight is 437 g/mol. The van der Waals surface area contributed by atoms with Crippen LogP contribution >= 0.6 is 11.6 Å². The highest BCUT2D eigenvalue weighted by atomic mass is 35.5. The molecule has 0 spiro atoms. The first kappa shape index (κ1) is 19.7. The lowest BCUT2D eigenvalue weighted by molar-refractivity contribution is -0.110. The van der Waals surface area contributed by atoms with Gasteiger partial charge < -0.3 is 15.5 Å². The highest BCUT2D eigenvalue weighted by molar-refractivity contribution is 6.38. The summed E-state index contributed by atoms with van der Waals surface area (Å²) in [5, 5.41) is 23.5. The summed E-state index contributed by atoms with van der Waals surface area (Å²) in [6, 6.07) is 12.3. The van der Waals surface area contributed by atoms with Crippen molar-refractivity contribution >= 4 is 34.5 Å². The topological polar surface area (TPSA) is 82.5 Å². The van der Waals surface area contributed by atoms with Gasteiger partial charge in [0.2, 0.25) is 0 Å². The van der Waals surface area contributed by atoms with Crippen molar-refractivity contribution in [2.75, 3.05) is 11.9 Å². The van der Waals surface area contributed by atoms with Crippen LogP contribution in [0.4, 0.5) is 10.1 Å². The van der Waals surface area contributed by atoms with Gasteiger partial charge in [0.1, 0.15) is 11.6 Å². The Hall–Kier alpha value is -3.22. The minimum atomic E-state index is -0.614. The number of halogens is 2. The minimum Gasteiger partial charge on any atom is -0.506 e. The molecule has 3 N–H and O–H groups in total. The van der Waals surface area contributed by atoms with Crippen molar-refractivity contribution in [3.63, 3.8) is 0 Å². The number of carbonyl (C=O) groups is 1. The van der Waals surface area contributed by atoms with Gasteiger partial charge >= 0.3 is 0 Å². The number of aromatic nitrogens is 1. The van der Waals surface area contributed by atoms with Gasteiger partial charge in [0.05, 0.1) is 29.1 Å². The van der Waals surface area contributed by atoms with E-state index in [1.54, 1.807) is 12.1 Å². The lowest BCUT2D eigenvalue weighted by atomic mass is 9.93. The smallest absolute Gasteiger partial charge is 0.260 e. The summed E-state index contributed by atoms with van der Waals surface area (Å²) >= 11 is 6.50. The first-order chi connectivity index (χ1) is 14.9. The van der Waals surface area contributed by atoms with Gasteiger partial charge in [-0.2, -0.15) is 0 Å². The zero-order valence-electron chi connectivity index (χ0n) is 16.3. The lowest BCUT2D eigenvalue weighted by Gasteiger charge is -2.14. The van der Waals surface area contributed by atoms with Crippen molar-refractivity contribution in [1.29, 1.82) is 0 Å². The maximum absolute atomic E-state index is 13.6. The highest BCUT2D eigenvalue weighted by Gasteiger charge is 2.43. The number of benzene rings is 2. The van der Waals surface area contributed by atoms with Gasteiger partial charge in [-0.1, -0.05) is 35.9 Å². The maximum atomic E-state index is 13.6. The second kappa shape index (κ2) is 7.18. The lowest BCUT2D eigenvalue weighted by Crippen LogP contribution is -2.11. The molecule has 7 heteroatoms. The average Bonchev–Trinajstić information content (AvgIpc) is 3.50. The third kappa shape index (κ3) is 3.28. The third-order valence-corrected chi connectivity index (χ3v) is 6.34. The van der Waals surface area contributed by atoms with Crippen LogP contribution in [0.2, 0.25) is 5.02 Å². The van der Waals surface area contributed by atoms with Crippen molar-refractivity contribution in [2.24, 2.45) is 0 Å². The number of nitrogens with zero attached hydrogens (tertiary/aromatic N) is 1. The van der Waals surface area contributed by atoms with Gasteiger partial charge in [-0.25, -0.2) is 4.39 Å². The molecule has 0 unspecified atom stereocenters. The van der Waals surface area contributed by atoms with E-state index in [4.69, 9.17) is 11.6 Å². The van der Waals surface area contributed by atoms with E-state index >= 15 is 0 Å². The number of carbonyl (C=O) groups excluding carboxylic acids is 1. The van der Waals surface area contributed by atoms with Gasteiger partial charge in [0.25, 0.3) is 5.91 Å². The van der Waals surface area contributed by atoms with Crippen LogP contribution in [0.3, 0.4) is 0 Å². The van der Waals surface area contributed by atoms with Crippen LogP contribution in [0.25, 0.3) is 22.5 Å². The van der Waals surface area contributed by atoms with E-state index in [2.05, 4.69) is 10.3 Å². The Morgan fingerprint density at radius 1 is 1.13 bits per heavy atom. The molecule has 1 aliphatic heterocycles. The number of pyridine rings is 1. The summed E-state index contributed by atoms with van der Waals surface area (Å²) in [7, 11) is 0. The van der Waals surface area contributed by atoms with Gasteiger partial charge in [-0.3, -0.25) is 9.78 Å². The Labute approximate surface area is 182 Å². The maximum Gasteiger partial charge on any atom is 0.260 e. The van der Waals surface area contributed by atoms with E-state index in [0.717, 1.165) is 36.2 Å². The summed E-state index contributed by atoms with van der Waals surface area (Å²) in [6.07, 6.45) is 4.26. The molecule has 0 saturated heterocycles. The molecule has 0 radical (unpaired) electrons. The Kier molecular flexibility index (Phi) is 4.57. The number of amides is 1. The molecule has 1 aliphatic carbocycles. The number of anilines is 1. The van der Waals surface area contributed by atoms with Crippen LogP contribution in [0.15, 0.2) is 54.9 Å². The van der Waals surface area contributed by atoms with E-state index < -0.39 is 11.7 Å². The second-order valence-corrected chi connectivity index (χ2v) is 8.37. The SMILES string of the molecule is O=C1Nc2cc(Cl)c(-c3ccc(C4(CO)CC4)cc3)cc2C1=C(O)c1cncc(F)c1. The summed E-state index contributed by atoms with van der Waals surface area (Å²) < 4.78 is 13.6. The predicted molar refractivity (Wildman–Crippen MR) is 117 cm³/mol. The van der Waals surface area contributed by atoms with E-state index in [1.807, 2.05) is 24.3 Å². The van der Waals surface area contributed by atoms with Gasteiger partial charge in [-0.15, -0.1) is 0 Å². The Bertz CT molecular complexity index is 1250. The number of nitrogens with one attached hydrogen (secondary N) is 1. The van der Waals surface area contributed by atoms with Crippen LogP contribution < -0.4 is 5.32 Å². The Balaban J connectivity index is 1.59. The molecule has 5 nitrogen and oxygen atoms in total. The van der Waals surface area contributed by atoms with Gasteiger partial charge in [-0.05, 0) is 42.2 Å². The molecule has 2 heterocycles. The first-order valence-corrected chi connectivity index (χ1v) is 10.2. The number of aliphatic hydroxyl groups excluding tert-OH is 2. The summed E-state index contributed by atoms with van der Waals surface area (Å²) in [4.78, 5) is 16.3.